The fourth-order valence-electron chi connectivity index (χ4n) is 3.13. The predicted octanol–water partition coefficient (Wildman–Crippen LogP) is 0.801. The van der Waals surface area contributed by atoms with Gasteiger partial charge in [-0.3, -0.25) is 9.36 Å². The molecule has 0 amide bonds. The number of aromatic nitrogens is 4. The van der Waals surface area contributed by atoms with Crippen LogP contribution in [0.3, 0.4) is 0 Å². The van der Waals surface area contributed by atoms with Gasteiger partial charge in [0.1, 0.15) is 18.0 Å². The molecule has 0 aromatic carbocycles. The van der Waals surface area contributed by atoms with Crippen LogP contribution in [-0.2, 0) is 9.47 Å². The van der Waals surface area contributed by atoms with E-state index in [1.807, 2.05) is 0 Å². The second kappa shape index (κ2) is 6.68. The molecule has 1 fully saturated rings. The maximum atomic E-state index is 12.0. The van der Waals surface area contributed by atoms with Crippen LogP contribution in [0.2, 0.25) is 0 Å². The van der Waals surface area contributed by atoms with Crippen molar-refractivity contribution in [3.05, 3.63) is 22.5 Å². The number of aryl methyl sites for hydroxylation is 1. The summed E-state index contributed by atoms with van der Waals surface area (Å²) in [6.07, 6.45) is 5.08. The Morgan fingerprint density at radius 3 is 2.88 bits per heavy atom. The molecule has 0 saturated carbocycles. The highest BCUT2D eigenvalue weighted by atomic mass is 31.2. The number of rotatable bonds is 5. The summed E-state index contributed by atoms with van der Waals surface area (Å²) in [5, 5.41) is 10.6. The lowest BCUT2D eigenvalue weighted by Crippen LogP contribution is -2.33. The number of H-pyrrole nitrogens is 1. The lowest BCUT2D eigenvalue weighted by molar-refractivity contribution is -0.0496. The molecule has 9 heteroatoms. The fraction of sp³-hybridized carbons (Fsp3) is 0.625. The highest BCUT2D eigenvalue weighted by molar-refractivity contribution is 7.72. The number of fused-ring (bicyclic) bond motifs is 1. The number of methoxy groups -OCH3 is 1. The molecule has 3 heterocycles. The van der Waals surface area contributed by atoms with E-state index >= 15 is 0 Å². The third kappa shape index (κ3) is 3.58. The first-order chi connectivity index (χ1) is 11.7. The molecule has 25 heavy (non-hydrogen) atoms. The van der Waals surface area contributed by atoms with Gasteiger partial charge < -0.3 is 19.6 Å². The van der Waals surface area contributed by atoms with Crippen LogP contribution in [0.1, 0.15) is 18.5 Å². The Labute approximate surface area is 146 Å². The third-order valence-electron chi connectivity index (χ3n) is 4.43. The van der Waals surface area contributed by atoms with Crippen LogP contribution in [0.15, 0.2) is 11.1 Å². The minimum Gasteiger partial charge on any atom is -0.388 e. The minimum atomic E-state index is -1.21. The summed E-state index contributed by atoms with van der Waals surface area (Å²) in [4.78, 5) is 23.2. The molecule has 1 unspecified atom stereocenters. The molecule has 138 valence electrons. The molecule has 2 aromatic rings. The van der Waals surface area contributed by atoms with Crippen LogP contribution in [0.4, 0.5) is 0 Å². The smallest absolute Gasteiger partial charge is 0.279 e. The Morgan fingerprint density at radius 2 is 2.24 bits per heavy atom. The van der Waals surface area contributed by atoms with E-state index in [2.05, 4.69) is 34.6 Å². The van der Waals surface area contributed by atoms with Crippen molar-refractivity contribution in [2.24, 2.45) is 0 Å². The maximum Gasteiger partial charge on any atom is 0.279 e. The largest absolute Gasteiger partial charge is 0.388 e. The highest BCUT2D eigenvalue weighted by Crippen LogP contribution is 2.40. The van der Waals surface area contributed by atoms with E-state index in [-0.39, 0.29) is 17.2 Å². The van der Waals surface area contributed by atoms with Crippen molar-refractivity contribution in [3.63, 3.8) is 0 Å². The van der Waals surface area contributed by atoms with Gasteiger partial charge >= 0.3 is 0 Å². The van der Waals surface area contributed by atoms with Crippen LogP contribution < -0.4 is 5.56 Å². The number of aromatic amines is 1. The van der Waals surface area contributed by atoms with Gasteiger partial charge in [0.15, 0.2) is 17.4 Å². The van der Waals surface area contributed by atoms with E-state index in [1.54, 1.807) is 11.5 Å². The minimum absolute atomic E-state index is 0.242. The van der Waals surface area contributed by atoms with Crippen LogP contribution in [0, 0.1) is 6.92 Å². The number of aliphatic hydroxyl groups excluding tert-OH is 1. The zero-order valence-electron chi connectivity index (χ0n) is 15.0. The van der Waals surface area contributed by atoms with Gasteiger partial charge in [-0.1, -0.05) is 0 Å². The second-order valence-corrected chi connectivity index (χ2v) is 11.5. The van der Waals surface area contributed by atoms with Crippen molar-refractivity contribution in [3.8, 4) is 0 Å². The number of nitrogens with zero attached hydrogens (tertiary/aromatic N) is 3. The lowest BCUT2D eigenvalue weighted by atomic mass is 10.1. The fourth-order valence-corrected chi connectivity index (χ4v) is 4.09. The third-order valence-corrected chi connectivity index (χ3v) is 5.90. The maximum absolute atomic E-state index is 12.0. The van der Waals surface area contributed by atoms with Crippen molar-refractivity contribution in [2.45, 2.75) is 37.9 Å². The summed E-state index contributed by atoms with van der Waals surface area (Å²) in [6.45, 7) is 4.80. The molecule has 8 nitrogen and oxygen atoms in total. The van der Waals surface area contributed by atoms with E-state index in [0.29, 0.717) is 17.9 Å². The van der Waals surface area contributed by atoms with Crippen molar-refractivity contribution in [1.29, 1.82) is 0 Å². The standard InChI is InChI=1S/C16H25N4O4P/c1-9-18-14-11(15(22)19-9)17-8-20(14)16-13(23-2)12(21)10(24-16)6-7-25(3,4)5/h8,10,12-13,16,21H,3,6-7H2,1-2,4-5H3,(H,18,19,22)/t10-,12-,13-,16?/m1/s1. The van der Waals surface area contributed by atoms with Gasteiger partial charge in [-0.25, -0.2) is 9.97 Å². The molecule has 1 aliphatic heterocycles. The molecule has 0 radical (unpaired) electrons. The zero-order valence-corrected chi connectivity index (χ0v) is 15.9. The molecule has 1 aliphatic rings. The Hall–Kier alpha value is -1.47. The predicted molar refractivity (Wildman–Crippen MR) is 99.0 cm³/mol. The van der Waals surface area contributed by atoms with Gasteiger partial charge in [0.05, 0.1) is 12.4 Å². The van der Waals surface area contributed by atoms with Crippen molar-refractivity contribution in [2.75, 3.05) is 26.6 Å². The van der Waals surface area contributed by atoms with Gasteiger partial charge in [0.2, 0.25) is 0 Å². The van der Waals surface area contributed by atoms with Gasteiger partial charge in [-0.05, 0) is 32.8 Å². The van der Waals surface area contributed by atoms with Crippen LogP contribution in [0.5, 0.6) is 0 Å². The number of imidazole rings is 1. The van der Waals surface area contributed by atoms with Crippen molar-refractivity contribution >= 4 is 24.3 Å². The second-order valence-electron chi connectivity index (χ2n) is 7.18. The number of aliphatic hydroxyl groups is 1. The first-order valence-electron chi connectivity index (χ1n) is 8.18. The Bertz CT molecular complexity index is 871. The molecule has 0 spiro atoms. The molecule has 2 aromatic heterocycles. The number of nitrogens with one attached hydrogen (secondary N) is 1. The van der Waals surface area contributed by atoms with Gasteiger partial charge in [0.25, 0.3) is 5.56 Å². The molecule has 2 N–H and O–H groups in total. The van der Waals surface area contributed by atoms with Crippen LogP contribution in [0.25, 0.3) is 11.2 Å². The summed E-state index contributed by atoms with van der Waals surface area (Å²) in [6, 6.07) is 0. The van der Waals surface area contributed by atoms with Crippen molar-refractivity contribution in [1.82, 2.24) is 19.5 Å². The Morgan fingerprint density at radius 1 is 1.52 bits per heavy atom. The van der Waals surface area contributed by atoms with Crippen LogP contribution >= 0.6 is 6.89 Å². The van der Waals surface area contributed by atoms with E-state index in [9.17, 15) is 9.90 Å². The monoisotopic (exact) mass is 368 g/mol. The summed E-state index contributed by atoms with van der Waals surface area (Å²) < 4.78 is 13.2. The lowest BCUT2D eigenvalue weighted by Gasteiger charge is -2.20. The molecule has 0 bridgehead atoms. The van der Waals surface area contributed by atoms with E-state index in [4.69, 9.17) is 9.47 Å². The first-order valence-corrected chi connectivity index (χ1v) is 11.2. The van der Waals surface area contributed by atoms with Crippen molar-refractivity contribution < 1.29 is 14.6 Å². The number of hydrogen-bond donors (Lipinski definition) is 2. The molecule has 3 rings (SSSR count). The molecular weight excluding hydrogens is 343 g/mol. The quantitative estimate of drug-likeness (QED) is 0.757. The average Bonchev–Trinajstić information content (AvgIpc) is 3.05. The molecule has 4 atom stereocenters. The molecule has 0 aliphatic carbocycles. The molecule has 1 saturated heterocycles. The Kier molecular flexibility index (Phi) is 4.90. The summed E-state index contributed by atoms with van der Waals surface area (Å²) >= 11 is 0. The van der Waals surface area contributed by atoms with E-state index < -0.39 is 25.3 Å². The molecular formula is C16H25N4O4P. The van der Waals surface area contributed by atoms with E-state index in [1.165, 1.54) is 13.4 Å². The van der Waals surface area contributed by atoms with Gasteiger partial charge in [-0.2, -0.15) is 0 Å². The van der Waals surface area contributed by atoms with Gasteiger partial charge in [-0.15, -0.1) is 13.2 Å². The Balaban J connectivity index is 1.94. The number of ether oxygens (including phenoxy) is 2. The first kappa shape index (κ1) is 18.3. The topological polar surface area (TPSA) is 102 Å². The summed E-state index contributed by atoms with van der Waals surface area (Å²) in [5.41, 5.74) is 0.367. The summed E-state index contributed by atoms with van der Waals surface area (Å²) in [5.74, 6) is 0.493. The summed E-state index contributed by atoms with van der Waals surface area (Å²) in [7, 11) is 1.54. The highest BCUT2D eigenvalue weighted by Gasteiger charge is 2.45. The number of hydrogen-bond acceptors (Lipinski definition) is 6. The average molecular weight is 368 g/mol. The van der Waals surface area contributed by atoms with E-state index in [0.717, 1.165) is 6.16 Å². The normalized spacial score (nSPS) is 27.2. The zero-order chi connectivity index (χ0) is 18.4. The van der Waals surface area contributed by atoms with Gasteiger partial charge in [0, 0.05) is 7.11 Å². The SMILES string of the molecule is C=P(C)(C)CC[C@H]1OC(n2cnc3c(=O)[nH]c(C)nc32)[C@H](OC)[C@@H]1O. The van der Waals surface area contributed by atoms with Crippen LogP contribution in [-0.4, -0.2) is 75.8 Å².